The van der Waals surface area contributed by atoms with Gasteiger partial charge in [-0.2, -0.15) is 5.10 Å². The summed E-state index contributed by atoms with van der Waals surface area (Å²) in [6.45, 7) is 5.71. The van der Waals surface area contributed by atoms with Gasteiger partial charge >= 0.3 is 0 Å². The molecule has 8 heteroatoms. The molecule has 136 valence electrons. The molecule has 1 amide bonds. The summed E-state index contributed by atoms with van der Waals surface area (Å²) in [6, 6.07) is 9.50. The van der Waals surface area contributed by atoms with Crippen molar-refractivity contribution in [2.75, 3.05) is 13.1 Å². The number of aromatic amines is 1. The number of hydrogen-bond donors (Lipinski definition) is 2. The van der Waals surface area contributed by atoms with Crippen molar-refractivity contribution in [2.45, 2.75) is 26.7 Å². The smallest absolute Gasteiger partial charge is 0.271 e. The van der Waals surface area contributed by atoms with Gasteiger partial charge in [0, 0.05) is 18.5 Å². The van der Waals surface area contributed by atoms with Gasteiger partial charge in [-0.15, -0.1) is 5.11 Å². The Morgan fingerprint density at radius 1 is 1.27 bits per heavy atom. The fraction of sp³-hybridized carbons (Fsp3) is 0.333. The van der Waals surface area contributed by atoms with Gasteiger partial charge in [-0.25, -0.2) is 0 Å². The third-order valence-corrected chi connectivity index (χ3v) is 3.88. The fourth-order valence-corrected chi connectivity index (χ4v) is 2.71. The van der Waals surface area contributed by atoms with Gasteiger partial charge in [0.2, 0.25) is 0 Å². The minimum absolute atomic E-state index is 0.0390. The summed E-state index contributed by atoms with van der Waals surface area (Å²) < 4.78 is 5.85. The van der Waals surface area contributed by atoms with E-state index in [0.717, 1.165) is 36.9 Å². The predicted octanol–water partition coefficient (Wildman–Crippen LogP) is 4.04. The minimum Gasteiger partial charge on any atom is -0.454 e. The molecule has 0 atom stereocenters. The molecule has 3 N–H and O–H groups in total. The zero-order valence-electron chi connectivity index (χ0n) is 14.9. The van der Waals surface area contributed by atoms with E-state index in [4.69, 9.17) is 10.2 Å². The lowest BCUT2D eigenvalue weighted by atomic mass is 10.2. The van der Waals surface area contributed by atoms with Crippen LogP contribution in [-0.4, -0.2) is 34.2 Å². The lowest BCUT2D eigenvalue weighted by molar-refractivity contribution is 0.0996. The minimum atomic E-state index is -0.671. The van der Waals surface area contributed by atoms with E-state index in [-0.39, 0.29) is 11.4 Å². The zero-order chi connectivity index (χ0) is 18.5. The molecule has 0 fully saturated rings. The van der Waals surface area contributed by atoms with Crippen LogP contribution in [-0.2, 0) is 0 Å². The topological polar surface area (TPSA) is 113 Å². The SMILES string of the molecule is CCCN(CCC)N=Nc1c(C(N)=O)n[nH]c1-c1cc2ccccc2o1. The first-order valence-electron chi connectivity index (χ1n) is 8.67. The highest BCUT2D eigenvalue weighted by molar-refractivity contribution is 5.99. The van der Waals surface area contributed by atoms with Gasteiger partial charge in [-0.1, -0.05) is 37.3 Å². The molecular formula is C18H22N6O2. The summed E-state index contributed by atoms with van der Waals surface area (Å²) in [5, 5.41) is 18.2. The van der Waals surface area contributed by atoms with Gasteiger partial charge in [0.1, 0.15) is 17.0 Å². The maximum atomic E-state index is 11.7. The molecule has 0 radical (unpaired) electrons. The highest BCUT2D eigenvalue weighted by Gasteiger charge is 2.21. The lowest BCUT2D eigenvalue weighted by Gasteiger charge is -2.15. The molecule has 0 spiro atoms. The van der Waals surface area contributed by atoms with E-state index < -0.39 is 5.91 Å². The second kappa shape index (κ2) is 7.81. The van der Waals surface area contributed by atoms with Crippen LogP contribution >= 0.6 is 0 Å². The number of para-hydroxylation sites is 1. The number of primary amides is 1. The molecule has 0 unspecified atom stereocenters. The first-order chi connectivity index (χ1) is 12.6. The number of benzene rings is 1. The second-order valence-electron chi connectivity index (χ2n) is 5.95. The molecule has 0 bridgehead atoms. The Labute approximate surface area is 151 Å². The molecule has 2 heterocycles. The molecule has 3 aromatic rings. The largest absolute Gasteiger partial charge is 0.454 e. The van der Waals surface area contributed by atoms with Crippen LogP contribution in [0.1, 0.15) is 37.2 Å². The summed E-state index contributed by atoms with van der Waals surface area (Å²) >= 11 is 0. The Kier molecular flexibility index (Phi) is 5.31. The zero-order valence-corrected chi connectivity index (χ0v) is 14.9. The molecular weight excluding hydrogens is 332 g/mol. The average Bonchev–Trinajstić information content (AvgIpc) is 3.23. The molecule has 26 heavy (non-hydrogen) atoms. The Hall–Kier alpha value is -3.16. The van der Waals surface area contributed by atoms with Crippen LogP contribution in [0, 0.1) is 0 Å². The van der Waals surface area contributed by atoms with Gasteiger partial charge in [0.25, 0.3) is 5.91 Å². The number of carbonyl (C=O) groups is 1. The average molecular weight is 354 g/mol. The number of furan rings is 1. The van der Waals surface area contributed by atoms with Crippen LogP contribution in [0.5, 0.6) is 0 Å². The van der Waals surface area contributed by atoms with Crippen LogP contribution < -0.4 is 5.73 Å². The highest BCUT2D eigenvalue weighted by atomic mass is 16.3. The van der Waals surface area contributed by atoms with Crippen molar-refractivity contribution in [2.24, 2.45) is 16.1 Å². The third kappa shape index (κ3) is 3.58. The van der Waals surface area contributed by atoms with Crippen molar-refractivity contribution in [3.05, 3.63) is 36.0 Å². The Balaban J connectivity index is 2.02. The number of hydrogen-bond acceptors (Lipinski definition) is 5. The van der Waals surface area contributed by atoms with E-state index in [1.165, 1.54) is 0 Å². The standard InChI is InChI=1S/C18H22N6O2/c1-3-9-24(10-4-2)23-22-16-15(20-21-17(16)18(19)25)14-11-12-7-5-6-8-13(12)26-14/h5-8,11H,3-4,9-10H2,1-2H3,(H2,19,25)(H,20,21). The van der Waals surface area contributed by atoms with Crippen LogP contribution in [0.15, 0.2) is 45.1 Å². The summed E-state index contributed by atoms with van der Waals surface area (Å²) in [6.07, 6.45) is 1.90. The molecule has 0 aliphatic carbocycles. The number of nitrogens with zero attached hydrogens (tertiary/aromatic N) is 4. The Morgan fingerprint density at radius 3 is 2.65 bits per heavy atom. The summed E-state index contributed by atoms with van der Waals surface area (Å²) in [5.41, 5.74) is 6.98. The van der Waals surface area contributed by atoms with Crippen molar-refractivity contribution < 1.29 is 9.21 Å². The molecule has 3 rings (SSSR count). The van der Waals surface area contributed by atoms with Gasteiger partial charge in [-0.05, 0) is 25.0 Å². The van der Waals surface area contributed by atoms with Gasteiger partial charge in [0.05, 0.1) is 0 Å². The molecule has 0 aliphatic rings. The molecule has 8 nitrogen and oxygen atoms in total. The first-order valence-corrected chi connectivity index (χ1v) is 8.67. The van der Waals surface area contributed by atoms with Crippen LogP contribution in [0.4, 0.5) is 5.69 Å². The van der Waals surface area contributed by atoms with E-state index in [0.29, 0.717) is 11.5 Å². The van der Waals surface area contributed by atoms with Crippen LogP contribution in [0.3, 0.4) is 0 Å². The van der Waals surface area contributed by atoms with Crippen molar-refractivity contribution >= 4 is 22.6 Å². The molecule has 1 aromatic carbocycles. The van der Waals surface area contributed by atoms with Crippen molar-refractivity contribution in [3.63, 3.8) is 0 Å². The van der Waals surface area contributed by atoms with Crippen LogP contribution in [0.25, 0.3) is 22.4 Å². The van der Waals surface area contributed by atoms with Gasteiger partial charge < -0.3 is 10.2 Å². The van der Waals surface area contributed by atoms with E-state index in [1.54, 1.807) is 0 Å². The third-order valence-electron chi connectivity index (χ3n) is 3.88. The predicted molar refractivity (Wildman–Crippen MR) is 99.0 cm³/mol. The lowest BCUT2D eigenvalue weighted by Crippen LogP contribution is -2.18. The fourth-order valence-electron chi connectivity index (χ4n) is 2.71. The number of nitrogens with two attached hydrogens (primary N) is 1. The van der Waals surface area contributed by atoms with Crippen molar-refractivity contribution in [1.82, 2.24) is 15.2 Å². The number of aromatic nitrogens is 2. The van der Waals surface area contributed by atoms with Crippen molar-refractivity contribution in [1.29, 1.82) is 0 Å². The number of fused-ring (bicyclic) bond motifs is 1. The highest BCUT2D eigenvalue weighted by Crippen LogP contribution is 2.35. The Bertz CT molecular complexity index is 888. The van der Waals surface area contributed by atoms with E-state index >= 15 is 0 Å². The van der Waals surface area contributed by atoms with Crippen LogP contribution in [0.2, 0.25) is 0 Å². The molecule has 0 saturated carbocycles. The summed E-state index contributed by atoms with van der Waals surface area (Å²) in [5.74, 6) is -0.146. The Morgan fingerprint density at radius 2 is 2.00 bits per heavy atom. The van der Waals surface area contributed by atoms with E-state index in [1.807, 2.05) is 35.3 Å². The van der Waals surface area contributed by atoms with Gasteiger partial charge in [-0.3, -0.25) is 14.9 Å². The van der Waals surface area contributed by atoms with E-state index in [9.17, 15) is 4.79 Å². The molecule has 2 aromatic heterocycles. The second-order valence-corrected chi connectivity index (χ2v) is 5.95. The van der Waals surface area contributed by atoms with E-state index in [2.05, 4.69) is 34.4 Å². The molecule has 0 saturated heterocycles. The quantitative estimate of drug-likeness (QED) is 0.469. The number of H-pyrrole nitrogens is 1. The normalized spacial score (nSPS) is 11.5. The maximum absolute atomic E-state index is 11.7. The monoisotopic (exact) mass is 354 g/mol. The number of rotatable bonds is 8. The maximum Gasteiger partial charge on any atom is 0.271 e. The number of carbonyl (C=O) groups excluding carboxylic acids is 1. The summed E-state index contributed by atoms with van der Waals surface area (Å²) in [4.78, 5) is 11.7. The number of nitrogens with one attached hydrogen (secondary N) is 1. The molecule has 0 aliphatic heterocycles. The number of amides is 1. The van der Waals surface area contributed by atoms with Crippen molar-refractivity contribution in [3.8, 4) is 11.5 Å². The summed E-state index contributed by atoms with van der Waals surface area (Å²) in [7, 11) is 0. The van der Waals surface area contributed by atoms with Gasteiger partial charge in [0.15, 0.2) is 11.5 Å². The first kappa shape index (κ1) is 17.7.